The van der Waals surface area contributed by atoms with Crippen LogP contribution in [0, 0.1) is 0 Å². The predicted octanol–water partition coefficient (Wildman–Crippen LogP) is 1.63. The minimum atomic E-state index is 0.0851. The van der Waals surface area contributed by atoms with Crippen LogP contribution in [0.2, 0.25) is 10.0 Å². The number of halogens is 2. The van der Waals surface area contributed by atoms with Gasteiger partial charge in [-0.15, -0.1) is 10.2 Å². The van der Waals surface area contributed by atoms with Crippen molar-refractivity contribution in [2.24, 2.45) is 5.10 Å². The molecule has 6 nitrogen and oxygen atoms in total. The van der Waals surface area contributed by atoms with E-state index in [2.05, 4.69) is 15.3 Å². The van der Waals surface area contributed by atoms with Crippen molar-refractivity contribution in [3.63, 3.8) is 0 Å². The highest BCUT2D eigenvalue weighted by Crippen LogP contribution is 2.22. The fourth-order valence-electron chi connectivity index (χ4n) is 1.17. The Morgan fingerprint density at radius 3 is 2.18 bits per heavy atom. The monoisotopic (exact) mass is 270 g/mol. The van der Waals surface area contributed by atoms with E-state index in [1.165, 1.54) is 10.9 Å². The summed E-state index contributed by atoms with van der Waals surface area (Å²) in [7, 11) is 0. The van der Waals surface area contributed by atoms with Gasteiger partial charge in [0.25, 0.3) is 0 Å². The molecular formula is C9H8Cl2N6. The summed E-state index contributed by atoms with van der Waals surface area (Å²) in [5.41, 5.74) is 11.6. The molecule has 0 amide bonds. The van der Waals surface area contributed by atoms with E-state index in [0.29, 0.717) is 15.6 Å². The van der Waals surface area contributed by atoms with E-state index in [9.17, 15) is 0 Å². The Morgan fingerprint density at radius 1 is 1.12 bits per heavy atom. The molecule has 88 valence electrons. The Bertz CT molecular complexity index is 537. The average molecular weight is 271 g/mol. The largest absolute Gasteiger partial charge is 0.366 e. The van der Waals surface area contributed by atoms with Gasteiger partial charge < -0.3 is 11.5 Å². The van der Waals surface area contributed by atoms with E-state index < -0.39 is 0 Å². The van der Waals surface area contributed by atoms with Gasteiger partial charge in [-0.05, 0) is 12.1 Å². The summed E-state index contributed by atoms with van der Waals surface area (Å²) in [5.74, 6) is 0.170. The van der Waals surface area contributed by atoms with Gasteiger partial charge in [-0.25, -0.2) is 0 Å². The van der Waals surface area contributed by atoms with Crippen LogP contribution in [-0.4, -0.2) is 21.1 Å². The van der Waals surface area contributed by atoms with Crippen LogP contribution in [0.25, 0.3) is 0 Å². The number of rotatable bonds is 2. The van der Waals surface area contributed by atoms with Gasteiger partial charge in [0, 0.05) is 5.56 Å². The van der Waals surface area contributed by atoms with Crippen LogP contribution in [0.15, 0.2) is 23.3 Å². The molecule has 17 heavy (non-hydrogen) atoms. The maximum absolute atomic E-state index is 5.97. The molecule has 0 spiro atoms. The van der Waals surface area contributed by atoms with Gasteiger partial charge >= 0.3 is 0 Å². The van der Waals surface area contributed by atoms with Gasteiger partial charge in [0.2, 0.25) is 11.9 Å². The fourth-order valence-corrected chi connectivity index (χ4v) is 1.67. The van der Waals surface area contributed by atoms with Gasteiger partial charge in [-0.1, -0.05) is 29.3 Å². The van der Waals surface area contributed by atoms with E-state index in [-0.39, 0.29) is 11.9 Å². The van der Waals surface area contributed by atoms with Crippen LogP contribution in [-0.2, 0) is 0 Å². The lowest BCUT2D eigenvalue weighted by molar-refractivity contribution is 0.907. The number of nitrogens with two attached hydrogens (primary N) is 2. The number of hydrogen-bond donors (Lipinski definition) is 2. The molecule has 2 aromatic rings. The third kappa shape index (κ3) is 2.32. The van der Waals surface area contributed by atoms with Crippen LogP contribution in [0.1, 0.15) is 5.56 Å². The van der Waals surface area contributed by atoms with Gasteiger partial charge in [-0.3, -0.25) is 0 Å². The maximum atomic E-state index is 5.97. The molecule has 1 aromatic carbocycles. The molecule has 1 aromatic heterocycles. The zero-order valence-corrected chi connectivity index (χ0v) is 10.0. The zero-order valence-electron chi connectivity index (χ0n) is 8.51. The first-order chi connectivity index (χ1) is 8.09. The van der Waals surface area contributed by atoms with Crippen LogP contribution in [0.5, 0.6) is 0 Å². The summed E-state index contributed by atoms with van der Waals surface area (Å²) < 4.78 is 1.18. The van der Waals surface area contributed by atoms with Crippen LogP contribution < -0.4 is 11.5 Å². The molecule has 0 aliphatic heterocycles. The van der Waals surface area contributed by atoms with Crippen molar-refractivity contribution < 1.29 is 0 Å². The van der Waals surface area contributed by atoms with Crippen molar-refractivity contribution in [3.05, 3.63) is 33.8 Å². The number of hydrogen-bond acceptors (Lipinski definition) is 5. The molecule has 0 aliphatic carbocycles. The predicted molar refractivity (Wildman–Crippen MR) is 68.3 cm³/mol. The van der Waals surface area contributed by atoms with E-state index in [0.717, 1.165) is 0 Å². The average Bonchev–Trinajstić information content (AvgIpc) is 2.59. The Morgan fingerprint density at radius 2 is 1.65 bits per heavy atom. The summed E-state index contributed by atoms with van der Waals surface area (Å²) in [6.07, 6.45) is 1.45. The van der Waals surface area contributed by atoms with Crippen molar-refractivity contribution in [1.82, 2.24) is 14.9 Å². The molecule has 2 rings (SSSR count). The molecule has 4 N–H and O–H groups in total. The summed E-state index contributed by atoms with van der Waals surface area (Å²) in [6, 6.07) is 5.14. The highest BCUT2D eigenvalue weighted by molar-refractivity contribution is 6.38. The molecular weight excluding hydrogens is 263 g/mol. The SMILES string of the molecule is Nc1nnc(N)n1/N=C/c1c(Cl)cccc1Cl. The Labute approximate surface area is 107 Å². The third-order valence-corrected chi connectivity index (χ3v) is 2.65. The highest BCUT2D eigenvalue weighted by Gasteiger charge is 2.05. The smallest absolute Gasteiger partial charge is 0.244 e. The number of benzene rings is 1. The van der Waals surface area contributed by atoms with Crippen molar-refractivity contribution >= 4 is 41.3 Å². The molecule has 0 atom stereocenters. The van der Waals surface area contributed by atoms with E-state index in [1.54, 1.807) is 18.2 Å². The lowest BCUT2D eigenvalue weighted by Gasteiger charge is -2.01. The zero-order chi connectivity index (χ0) is 12.4. The lowest BCUT2D eigenvalue weighted by Crippen LogP contribution is -2.02. The van der Waals surface area contributed by atoms with Crippen LogP contribution in [0.4, 0.5) is 11.9 Å². The van der Waals surface area contributed by atoms with E-state index in [4.69, 9.17) is 34.7 Å². The molecule has 0 bridgehead atoms. The van der Waals surface area contributed by atoms with Crippen molar-refractivity contribution in [1.29, 1.82) is 0 Å². The van der Waals surface area contributed by atoms with Gasteiger partial charge in [0.05, 0.1) is 16.3 Å². The molecule has 8 heteroatoms. The van der Waals surface area contributed by atoms with Gasteiger partial charge in [0.15, 0.2) is 0 Å². The van der Waals surface area contributed by atoms with Gasteiger partial charge in [0.1, 0.15) is 0 Å². The second-order valence-electron chi connectivity index (χ2n) is 3.11. The van der Waals surface area contributed by atoms with Gasteiger partial charge in [-0.2, -0.15) is 9.78 Å². The minimum absolute atomic E-state index is 0.0851. The molecule has 0 saturated heterocycles. The Balaban J connectivity index is 2.39. The second-order valence-corrected chi connectivity index (χ2v) is 3.92. The standard InChI is InChI=1S/C9H8Cl2N6/c10-6-2-1-3-7(11)5(6)4-14-17-8(12)15-16-9(17)13/h1-4H,(H2,12,15)(H2,13,16)/b14-4+. The molecule has 0 radical (unpaired) electrons. The molecule has 1 heterocycles. The Kier molecular flexibility index (Phi) is 3.16. The number of nitrogen functional groups attached to an aromatic ring is 2. The van der Waals surface area contributed by atoms with E-state index >= 15 is 0 Å². The summed E-state index contributed by atoms with van der Waals surface area (Å²) in [4.78, 5) is 0. The molecule has 0 aliphatic rings. The normalized spacial score (nSPS) is 11.2. The van der Waals surface area contributed by atoms with Crippen molar-refractivity contribution in [2.75, 3.05) is 11.5 Å². The Hall–Kier alpha value is -1.79. The van der Waals surface area contributed by atoms with Crippen molar-refractivity contribution in [2.45, 2.75) is 0 Å². The number of nitrogens with zero attached hydrogens (tertiary/aromatic N) is 4. The first kappa shape index (κ1) is 11.7. The highest BCUT2D eigenvalue weighted by atomic mass is 35.5. The minimum Gasteiger partial charge on any atom is -0.366 e. The van der Waals surface area contributed by atoms with Crippen molar-refractivity contribution in [3.8, 4) is 0 Å². The summed E-state index contributed by atoms with van der Waals surface area (Å²) in [5, 5.41) is 12.1. The van der Waals surface area contributed by atoms with Crippen LogP contribution >= 0.6 is 23.2 Å². The first-order valence-corrected chi connectivity index (χ1v) is 5.30. The summed E-state index contributed by atoms with van der Waals surface area (Å²) >= 11 is 11.9. The summed E-state index contributed by atoms with van der Waals surface area (Å²) in [6.45, 7) is 0. The molecule has 0 unspecified atom stereocenters. The maximum Gasteiger partial charge on any atom is 0.244 e. The number of anilines is 2. The quantitative estimate of drug-likeness (QED) is 0.811. The first-order valence-electron chi connectivity index (χ1n) is 4.54. The topological polar surface area (TPSA) is 95.1 Å². The second kappa shape index (κ2) is 4.60. The van der Waals surface area contributed by atoms with Crippen LogP contribution in [0.3, 0.4) is 0 Å². The molecule has 0 saturated carbocycles. The molecule has 0 fully saturated rings. The number of aromatic nitrogens is 3. The lowest BCUT2D eigenvalue weighted by atomic mass is 10.2. The third-order valence-electron chi connectivity index (χ3n) is 1.99. The fraction of sp³-hybridized carbons (Fsp3) is 0. The van der Waals surface area contributed by atoms with E-state index in [1.807, 2.05) is 0 Å².